The Labute approximate surface area is 161 Å². The lowest BCUT2D eigenvalue weighted by molar-refractivity contribution is -0.136. The normalized spacial score (nSPS) is 16.5. The number of piperazine rings is 1. The van der Waals surface area contributed by atoms with Gasteiger partial charge < -0.3 is 4.90 Å². The maximum Gasteiger partial charge on any atom is 0.287 e. The molecular formula is C18H20Cl2N4O2. The van der Waals surface area contributed by atoms with Crippen LogP contribution < -0.4 is 5.56 Å². The van der Waals surface area contributed by atoms with Crippen molar-refractivity contribution in [2.75, 3.05) is 26.2 Å². The third-order valence-electron chi connectivity index (χ3n) is 4.56. The Morgan fingerprint density at radius 1 is 1.15 bits per heavy atom. The summed E-state index contributed by atoms with van der Waals surface area (Å²) in [5.41, 5.74) is 0.704. The van der Waals surface area contributed by atoms with Gasteiger partial charge in [-0.15, -0.1) is 0 Å². The van der Waals surface area contributed by atoms with Gasteiger partial charge in [0.15, 0.2) is 0 Å². The molecule has 3 rings (SSSR count). The summed E-state index contributed by atoms with van der Waals surface area (Å²) in [7, 11) is 0. The maximum atomic E-state index is 12.7. The van der Waals surface area contributed by atoms with Gasteiger partial charge in [-0.25, -0.2) is 4.68 Å². The van der Waals surface area contributed by atoms with Gasteiger partial charge in [0, 0.05) is 32.7 Å². The van der Waals surface area contributed by atoms with Gasteiger partial charge in [0.05, 0.1) is 11.2 Å². The number of nitrogens with zero attached hydrogens (tertiary/aromatic N) is 4. The van der Waals surface area contributed by atoms with Crippen LogP contribution in [-0.2, 0) is 11.3 Å². The van der Waals surface area contributed by atoms with Gasteiger partial charge in [0.2, 0.25) is 5.91 Å². The molecule has 138 valence electrons. The lowest BCUT2D eigenvalue weighted by Crippen LogP contribution is -2.50. The Bertz CT molecular complexity index is 833. The van der Waals surface area contributed by atoms with E-state index in [4.69, 9.17) is 23.2 Å². The second-order valence-corrected chi connectivity index (χ2v) is 7.10. The molecule has 0 radical (unpaired) electrons. The molecule has 0 saturated carbocycles. The van der Waals surface area contributed by atoms with Gasteiger partial charge in [-0.2, -0.15) is 5.10 Å². The fourth-order valence-corrected chi connectivity index (χ4v) is 3.30. The van der Waals surface area contributed by atoms with E-state index in [1.54, 1.807) is 11.8 Å². The number of carbonyl (C=O) groups is 1. The molecule has 0 spiro atoms. The third kappa shape index (κ3) is 4.09. The first-order valence-electron chi connectivity index (χ1n) is 8.45. The maximum absolute atomic E-state index is 12.7. The molecule has 8 heteroatoms. The van der Waals surface area contributed by atoms with Crippen LogP contribution in [0.3, 0.4) is 0 Å². The first-order chi connectivity index (χ1) is 12.5. The van der Waals surface area contributed by atoms with Crippen molar-refractivity contribution in [3.05, 3.63) is 62.5 Å². The number of hydrogen-bond donors (Lipinski definition) is 0. The highest BCUT2D eigenvalue weighted by Crippen LogP contribution is 2.17. The van der Waals surface area contributed by atoms with E-state index in [2.05, 4.69) is 22.1 Å². The van der Waals surface area contributed by atoms with Crippen molar-refractivity contribution in [3.63, 3.8) is 0 Å². The van der Waals surface area contributed by atoms with Crippen LogP contribution in [0.4, 0.5) is 0 Å². The molecule has 26 heavy (non-hydrogen) atoms. The van der Waals surface area contributed by atoms with Crippen molar-refractivity contribution in [3.8, 4) is 0 Å². The van der Waals surface area contributed by atoms with Crippen LogP contribution in [0.2, 0.25) is 10.0 Å². The number of rotatable bonds is 4. The first kappa shape index (κ1) is 18.9. The topological polar surface area (TPSA) is 58.4 Å². The van der Waals surface area contributed by atoms with E-state index in [0.717, 1.165) is 24.3 Å². The summed E-state index contributed by atoms with van der Waals surface area (Å²) >= 11 is 11.7. The van der Waals surface area contributed by atoms with Crippen LogP contribution in [0.25, 0.3) is 0 Å². The number of halogens is 2. The minimum Gasteiger partial charge on any atom is -0.338 e. The molecule has 1 amide bonds. The standard InChI is InChI=1S/C18H20Cl2N4O2/c1-13(24-18(26)16(20)15(19)11-21-24)17(25)23-9-7-22(8-10-23)12-14-5-3-2-4-6-14/h2-6,11,13H,7-10,12H2,1H3/t13-/m1/s1. The molecule has 0 bridgehead atoms. The van der Waals surface area contributed by atoms with Crippen LogP contribution in [0.1, 0.15) is 18.5 Å². The molecular weight excluding hydrogens is 375 g/mol. The van der Waals surface area contributed by atoms with Crippen molar-refractivity contribution in [1.29, 1.82) is 0 Å². The highest BCUT2D eigenvalue weighted by molar-refractivity contribution is 6.41. The first-order valence-corrected chi connectivity index (χ1v) is 9.21. The Morgan fingerprint density at radius 3 is 2.46 bits per heavy atom. The van der Waals surface area contributed by atoms with Crippen LogP contribution in [0, 0.1) is 0 Å². The number of benzene rings is 1. The molecule has 0 aliphatic carbocycles. The van der Waals surface area contributed by atoms with Gasteiger partial charge in [-0.05, 0) is 12.5 Å². The van der Waals surface area contributed by atoms with Crippen molar-refractivity contribution >= 4 is 29.1 Å². The zero-order chi connectivity index (χ0) is 18.7. The monoisotopic (exact) mass is 394 g/mol. The second-order valence-electron chi connectivity index (χ2n) is 6.32. The molecule has 1 aliphatic heterocycles. The third-order valence-corrected chi connectivity index (χ3v) is 5.31. The molecule has 1 aromatic carbocycles. The Kier molecular flexibility index (Phi) is 5.96. The summed E-state index contributed by atoms with van der Waals surface area (Å²) < 4.78 is 1.09. The van der Waals surface area contributed by atoms with Crippen LogP contribution in [0.15, 0.2) is 41.3 Å². The Balaban J connectivity index is 1.61. The minimum atomic E-state index is -0.724. The Hall–Kier alpha value is -1.89. The zero-order valence-corrected chi connectivity index (χ0v) is 16.0. The number of amides is 1. The van der Waals surface area contributed by atoms with E-state index in [1.807, 2.05) is 18.2 Å². The highest BCUT2D eigenvalue weighted by atomic mass is 35.5. The summed E-state index contributed by atoms with van der Waals surface area (Å²) in [4.78, 5) is 29.0. The van der Waals surface area contributed by atoms with E-state index in [-0.39, 0.29) is 16.0 Å². The van der Waals surface area contributed by atoms with Gasteiger partial charge in [-0.1, -0.05) is 53.5 Å². The Morgan fingerprint density at radius 2 is 1.81 bits per heavy atom. The van der Waals surface area contributed by atoms with Crippen molar-refractivity contribution in [1.82, 2.24) is 19.6 Å². The molecule has 1 aromatic heterocycles. The van der Waals surface area contributed by atoms with E-state index in [1.165, 1.54) is 11.8 Å². The van der Waals surface area contributed by atoms with Crippen molar-refractivity contribution < 1.29 is 4.79 Å². The van der Waals surface area contributed by atoms with E-state index in [0.29, 0.717) is 13.1 Å². The van der Waals surface area contributed by atoms with Gasteiger partial charge in [0.25, 0.3) is 5.56 Å². The second kappa shape index (κ2) is 8.20. The van der Waals surface area contributed by atoms with Gasteiger partial charge in [0.1, 0.15) is 11.1 Å². The van der Waals surface area contributed by atoms with E-state index >= 15 is 0 Å². The molecule has 2 heterocycles. The predicted molar refractivity (Wildman–Crippen MR) is 102 cm³/mol. The van der Waals surface area contributed by atoms with E-state index < -0.39 is 11.6 Å². The number of aromatic nitrogens is 2. The largest absolute Gasteiger partial charge is 0.338 e. The lowest BCUT2D eigenvalue weighted by atomic mass is 10.2. The summed E-state index contributed by atoms with van der Waals surface area (Å²) in [6.07, 6.45) is 1.28. The fraction of sp³-hybridized carbons (Fsp3) is 0.389. The van der Waals surface area contributed by atoms with Crippen LogP contribution in [0.5, 0.6) is 0 Å². The molecule has 0 N–H and O–H groups in total. The molecule has 1 atom stereocenters. The average Bonchev–Trinajstić information content (AvgIpc) is 2.67. The predicted octanol–water partition coefficient (Wildman–Crippen LogP) is 2.46. The lowest BCUT2D eigenvalue weighted by Gasteiger charge is -2.36. The van der Waals surface area contributed by atoms with Crippen molar-refractivity contribution in [2.45, 2.75) is 19.5 Å². The van der Waals surface area contributed by atoms with Gasteiger partial charge >= 0.3 is 0 Å². The molecule has 6 nitrogen and oxygen atoms in total. The average molecular weight is 395 g/mol. The highest BCUT2D eigenvalue weighted by Gasteiger charge is 2.27. The summed E-state index contributed by atoms with van der Waals surface area (Å²) in [6, 6.07) is 9.53. The van der Waals surface area contributed by atoms with Crippen LogP contribution in [-0.4, -0.2) is 51.7 Å². The van der Waals surface area contributed by atoms with E-state index in [9.17, 15) is 9.59 Å². The minimum absolute atomic E-state index is 0.0853. The molecule has 1 aliphatic rings. The quantitative estimate of drug-likeness (QED) is 0.798. The number of carbonyl (C=O) groups excluding carboxylic acids is 1. The summed E-state index contributed by atoms with van der Waals surface area (Å²) in [5, 5.41) is 3.92. The van der Waals surface area contributed by atoms with Crippen LogP contribution >= 0.6 is 23.2 Å². The molecule has 1 saturated heterocycles. The van der Waals surface area contributed by atoms with Gasteiger partial charge in [-0.3, -0.25) is 14.5 Å². The summed E-state index contributed by atoms with van der Waals surface area (Å²) in [5.74, 6) is -0.141. The van der Waals surface area contributed by atoms with Crippen molar-refractivity contribution in [2.24, 2.45) is 0 Å². The molecule has 2 aromatic rings. The smallest absolute Gasteiger partial charge is 0.287 e. The molecule has 1 fully saturated rings. The zero-order valence-electron chi connectivity index (χ0n) is 14.4. The fourth-order valence-electron chi connectivity index (χ4n) is 3.04. The number of hydrogen-bond acceptors (Lipinski definition) is 4. The summed E-state index contributed by atoms with van der Waals surface area (Å²) in [6.45, 7) is 5.33. The molecule has 0 unspecified atom stereocenters. The SMILES string of the molecule is C[C@H](C(=O)N1CCN(Cc2ccccc2)CC1)n1ncc(Cl)c(Cl)c1=O.